The predicted octanol–water partition coefficient (Wildman–Crippen LogP) is 5.02. The first-order chi connectivity index (χ1) is 13.5. The van der Waals surface area contributed by atoms with E-state index in [0.717, 1.165) is 30.1 Å². The molecule has 0 amide bonds. The summed E-state index contributed by atoms with van der Waals surface area (Å²) in [5.74, 6) is 1.80. The van der Waals surface area contributed by atoms with Crippen LogP contribution in [0.3, 0.4) is 0 Å². The zero-order valence-corrected chi connectivity index (χ0v) is 17.5. The van der Waals surface area contributed by atoms with Crippen LogP contribution < -0.4 is 0 Å². The Morgan fingerprint density at radius 3 is 2.75 bits per heavy atom. The molecule has 0 bridgehead atoms. The van der Waals surface area contributed by atoms with Crippen molar-refractivity contribution in [2.75, 3.05) is 6.61 Å². The second kappa shape index (κ2) is 9.11. The number of rotatable bonds is 3. The standard InChI is InChI=1S/C18H22N2O.C5H8N2/c1-4-12(2)18-19-8-7-17(20-18)14-5-6-16-13(3)10-21-11-15(16)9-14;1-5-3-6-7(2)4-5/h5-9,12-13H,4,10-11H2,1-3H3;3-4H,1-2H3. The third-order valence-corrected chi connectivity index (χ3v) is 5.16. The van der Waals surface area contributed by atoms with Crippen LogP contribution in [-0.2, 0) is 18.4 Å². The first kappa shape index (κ1) is 20.2. The van der Waals surface area contributed by atoms with Crippen LogP contribution >= 0.6 is 0 Å². The molecular formula is C23H30N4O. The number of nitrogens with zero attached hydrogens (tertiary/aromatic N) is 4. The van der Waals surface area contributed by atoms with Crippen molar-refractivity contribution in [3.63, 3.8) is 0 Å². The molecule has 28 heavy (non-hydrogen) atoms. The number of aromatic nitrogens is 4. The van der Waals surface area contributed by atoms with E-state index in [2.05, 4.69) is 49.1 Å². The Morgan fingerprint density at radius 2 is 2.11 bits per heavy atom. The van der Waals surface area contributed by atoms with Gasteiger partial charge in [0, 0.05) is 36.8 Å². The van der Waals surface area contributed by atoms with Crippen LogP contribution in [0, 0.1) is 6.92 Å². The van der Waals surface area contributed by atoms with E-state index in [0.29, 0.717) is 18.4 Å². The van der Waals surface area contributed by atoms with Gasteiger partial charge in [-0.1, -0.05) is 32.9 Å². The van der Waals surface area contributed by atoms with Gasteiger partial charge in [-0.05, 0) is 42.2 Å². The van der Waals surface area contributed by atoms with Gasteiger partial charge in [0.2, 0.25) is 0 Å². The summed E-state index contributed by atoms with van der Waals surface area (Å²) in [5, 5.41) is 3.93. The van der Waals surface area contributed by atoms with E-state index in [1.54, 1.807) is 4.68 Å². The maximum Gasteiger partial charge on any atom is 0.131 e. The lowest BCUT2D eigenvalue weighted by Gasteiger charge is -2.23. The van der Waals surface area contributed by atoms with E-state index in [-0.39, 0.29) is 0 Å². The summed E-state index contributed by atoms with van der Waals surface area (Å²) in [6.07, 6.45) is 6.72. The van der Waals surface area contributed by atoms with Crippen LogP contribution in [0.4, 0.5) is 0 Å². The molecule has 0 radical (unpaired) electrons. The Labute approximate surface area is 167 Å². The maximum atomic E-state index is 5.65. The maximum absolute atomic E-state index is 5.65. The molecule has 0 N–H and O–H groups in total. The van der Waals surface area contributed by atoms with E-state index in [1.165, 1.54) is 16.7 Å². The second-order valence-electron chi connectivity index (χ2n) is 7.63. The highest BCUT2D eigenvalue weighted by Gasteiger charge is 2.17. The van der Waals surface area contributed by atoms with Crippen LogP contribution in [-0.4, -0.2) is 26.4 Å². The first-order valence-electron chi connectivity index (χ1n) is 9.97. The highest BCUT2D eigenvalue weighted by molar-refractivity contribution is 5.61. The Kier molecular flexibility index (Phi) is 6.57. The van der Waals surface area contributed by atoms with Crippen LogP contribution in [0.15, 0.2) is 42.9 Å². The highest BCUT2D eigenvalue weighted by atomic mass is 16.5. The van der Waals surface area contributed by atoms with Gasteiger partial charge in [0.15, 0.2) is 0 Å². The van der Waals surface area contributed by atoms with Gasteiger partial charge in [0.1, 0.15) is 5.82 Å². The number of hydrogen-bond donors (Lipinski definition) is 0. The quantitative estimate of drug-likeness (QED) is 0.642. The molecule has 0 saturated heterocycles. The summed E-state index contributed by atoms with van der Waals surface area (Å²) < 4.78 is 7.43. The number of ether oxygens (including phenoxy) is 1. The van der Waals surface area contributed by atoms with Crippen LogP contribution in [0.1, 0.15) is 61.5 Å². The minimum atomic E-state index is 0.394. The Hall–Kier alpha value is -2.53. The van der Waals surface area contributed by atoms with Gasteiger partial charge in [-0.25, -0.2) is 9.97 Å². The monoisotopic (exact) mass is 378 g/mol. The molecule has 5 heteroatoms. The molecule has 5 nitrogen and oxygen atoms in total. The molecular weight excluding hydrogens is 348 g/mol. The van der Waals surface area contributed by atoms with Gasteiger partial charge >= 0.3 is 0 Å². The van der Waals surface area contributed by atoms with Crippen LogP contribution in [0.25, 0.3) is 11.3 Å². The average Bonchev–Trinajstić information content (AvgIpc) is 3.10. The van der Waals surface area contributed by atoms with Crippen molar-refractivity contribution in [2.24, 2.45) is 7.05 Å². The van der Waals surface area contributed by atoms with E-state index in [4.69, 9.17) is 9.72 Å². The SMILES string of the molecule is CCC(C)c1nccc(-c2ccc3c(c2)COCC3C)n1.Cc1cnn(C)c1. The summed E-state index contributed by atoms with van der Waals surface area (Å²) >= 11 is 0. The summed E-state index contributed by atoms with van der Waals surface area (Å²) in [6.45, 7) is 10.1. The molecule has 148 valence electrons. The van der Waals surface area contributed by atoms with Gasteiger partial charge < -0.3 is 4.74 Å². The second-order valence-corrected chi connectivity index (χ2v) is 7.63. The Balaban J connectivity index is 0.000000271. The third kappa shape index (κ3) is 4.84. The summed E-state index contributed by atoms with van der Waals surface area (Å²) in [4.78, 5) is 9.13. The Bertz CT molecular complexity index is 902. The normalized spacial score (nSPS) is 16.7. The minimum Gasteiger partial charge on any atom is -0.376 e. The molecule has 2 atom stereocenters. The minimum absolute atomic E-state index is 0.394. The molecule has 0 saturated carbocycles. The van der Waals surface area contributed by atoms with Gasteiger partial charge in [-0.15, -0.1) is 0 Å². The van der Waals surface area contributed by atoms with Crippen molar-refractivity contribution < 1.29 is 4.74 Å². The highest BCUT2D eigenvalue weighted by Crippen LogP contribution is 2.30. The van der Waals surface area contributed by atoms with Crippen molar-refractivity contribution in [2.45, 2.75) is 52.6 Å². The van der Waals surface area contributed by atoms with Gasteiger partial charge in [-0.3, -0.25) is 4.68 Å². The Morgan fingerprint density at radius 1 is 1.29 bits per heavy atom. The molecule has 3 heterocycles. The topological polar surface area (TPSA) is 52.8 Å². The van der Waals surface area contributed by atoms with Crippen molar-refractivity contribution in [1.82, 2.24) is 19.7 Å². The molecule has 3 aromatic rings. The van der Waals surface area contributed by atoms with Gasteiger partial charge in [0.25, 0.3) is 0 Å². The van der Waals surface area contributed by atoms with Crippen molar-refractivity contribution in [3.05, 3.63) is 65.4 Å². The van der Waals surface area contributed by atoms with Crippen LogP contribution in [0.5, 0.6) is 0 Å². The van der Waals surface area contributed by atoms with E-state index in [1.807, 2.05) is 38.6 Å². The zero-order chi connectivity index (χ0) is 20.1. The number of hydrogen-bond acceptors (Lipinski definition) is 4. The molecule has 0 aliphatic carbocycles. The summed E-state index contributed by atoms with van der Waals surface area (Å²) in [6, 6.07) is 8.60. The van der Waals surface area contributed by atoms with Gasteiger partial charge in [-0.2, -0.15) is 5.10 Å². The summed E-state index contributed by atoms with van der Waals surface area (Å²) in [5.41, 5.74) is 6.05. The molecule has 2 aromatic heterocycles. The number of benzene rings is 1. The molecule has 1 aliphatic heterocycles. The average molecular weight is 379 g/mol. The third-order valence-electron chi connectivity index (χ3n) is 5.16. The van der Waals surface area contributed by atoms with Crippen LogP contribution in [0.2, 0.25) is 0 Å². The van der Waals surface area contributed by atoms with E-state index in [9.17, 15) is 0 Å². The largest absolute Gasteiger partial charge is 0.376 e. The molecule has 2 unspecified atom stereocenters. The molecule has 1 aromatic carbocycles. The predicted molar refractivity (Wildman–Crippen MR) is 112 cm³/mol. The zero-order valence-electron chi connectivity index (χ0n) is 17.5. The van der Waals surface area contributed by atoms with E-state index < -0.39 is 0 Å². The fourth-order valence-corrected chi connectivity index (χ4v) is 3.30. The summed E-state index contributed by atoms with van der Waals surface area (Å²) in [7, 11) is 1.91. The molecule has 4 rings (SSSR count). The van der Waals surface area contributed by atoms with Gasteiger partial charge in [0.05, 0.1) is 25.1 Å². The number of aryl methyl sites for hydroxylation is 2. The van der Waals surface area contributed by atoms with Crippen molar-refractivity contribution in [1.29, 1.82) is 0 Å². The van der Waals surface area contributed by atoms with Crippen molar-refractivity contribution >= 4 is 0 Å². The van der Waals surface area contributed by atoms with Crippen molar-refractivity contribution in [3.8, 4) is 11.3 Å². The smallest absolute Gasteiger partial charge is 0.131 e. The fourth-order valence-electron chi connectivity index (χ4n) is 3.30. The lowest BCUT2D eigenvalue weighted by atomic mass is 9.92. The fraction of sp³-hybridized carbons (Fsp3) is 0.435. The lowest BCUT2D eigenvalue weighted by Crippen LogP contribution is -2.14. The lowest BCUT2D eigenvalue weighted by molar-refractivity contribution is 0.0951. The van der Waals surface area contributed by atoms with E-state index >= 15 is 0 Å². The molecule has 0 fully saturated rings. The number of fused-ring (bicyclic) bond motifs is 1. The first-order valence-corrected chi connectivity index (χ1v) is 9.97. The molecule has 1 aliphatic rings. The molecule has 0 spiro atoms.